The number of carbonyl (C=O) groups excluding carboxylic acids is 2. The molecule has 0 fully saturated rings. The first-order valence-electron chi connectivity index (χ1n) is 21.9. The van der Waals surface area contributed by atoms with Crippen molar-refractivity contribution in [1.29, 1.82) is 0 Å². The predicted octanol–water partition coefficient (Wildman–Crippen LogP) is 8.99. The number of aryl methyl sites for hydroxylation is 2. The van der Waals surface area contributed by atoms with Gasteiger partial charge in [-0.25, -0.2) is 9.97 Å². The number of carbonyl (C=O) groups is 2. The molecule has 16 heteroatoms. The van der Waals surface area contributed by atoms with Gasteiger partial charge in [-0.2, -0.15) is 10.2 Å². The second kappa shape index (κ2) is 18.2. The van der Waals surface area contributed by atoms with Crippen molar-refractivity contribution in [2.24, 2.45) is 20.4 Å². The number of anilines is 2. The van der Waals surface area contributed by atoms with Gasteiger partial charge >= 0.3 is 0 Å². The molecule has 4 aromatic carbocycles. The number of nitrogens with zero attached hydrogens (tertiary/aromatic N) is 8. The number of phenolic OH excluding ortho intramolecular Hbond substituents is 6. The molecule has 346 valence electrons. The lowest BCUT2D eigenvalue weighted by molar-refractivity contribution is -0.112. The summed E-state index contributed by atoms with van der Waals surface area (Å²) in [6.45, 7) is 18.4. The van der Waals surface area contributed by atoms with Crippen molar-refractivity contribution >= 4 is 69.2 Å². The molecule has 16 nitrogen and oxygen atoms in total. The smallest absolute Gasteiger partial charge is 0.280 e. The summed E-state index contributed by atoms with van der Waals surface area (Å²) in [5.41, 5.74) is 2.47. The summed E-state index contributed by atoms with van der Waals surface area (Å²) < 4.78 is 0. The van der Waals surface area contributed by atoms with Gasteiger partial charge in [-0.05, 0) is 99.5 Å². The highest BCUT2D eigenvalue weighted by atomic mass is 16.3. The molecule has 0 unspecified atom stereocenters. The second-order valence-corrected chi connectivity index (χ2v) is 17.8. The summed E-state index contributed by atoms with van der Waals surface area (Å²) in [5.74, 6) is -3.06. The minimum atomic E-state index is -0.605. The average molecular weight is 907 g/mol. The van der Waals surface area contributed by atoms with E-state index in [1.807, 2.05) is 67.3 Å². The molecule has 7 rings (SSSR count). The second-order valence-electron chi connectivity index (χ2n) is 17.8. The molecule has 67 heavy (non-hydrogen) atoms. The largest absolute Gasteiger partial charge is 0.507 e. The number of phenols is 6. The van der Waals surface area contributed by atoms with E-state index in [1.165, 1.54) is 4.90 Å². The minimum absolute atomic E-state index is 0.0142. The van der Waals surface area contributed by atoms with Crippen molar-refractivity contribution in [3.05, 3.63) is 93.3 Å². The maximum atomic E-state index is 13.6. The molecule has 6 aromatic rings. The van der Waals surface area contributed by atoms with Gasteiger partial charge < -0.3 is 35.5 Å². The summed E-state index contributed by atoms with van der Waals surface area (Å²) >= 11 is 0. The molecule has 2 aromatic heterocycles. The summed E-state index contributed by atoms with van der Waals surface area (Å²) in [4.78, 5) is 38.2. The zero-order valence-corrected chi connectivity index (χ0v) is 39.2. The number of fused-ring (bicyclic) bond motifs is 3. The molecule has 0 radical (unpaired) electrons. The predicted molar refractivity (Wildman–Crippen MR) is 263 cm³/mol. The average Bonchev–Trinajstić information content (AvgIpc) is 3.56. The first kappa shape index (κ1) is 47.1. The van der Waals surface area contributed by atoms with Crippen LogP contribution in [0.2, 0.25) is 0 Å². The van der Waals surface area contributed by atoms with Gasteiger partial charge in [0, 0.05) is 70.1 Å². The molecular weight excluding hydrogens is 853 g/mol. The number of aromatic nitrogens is 2. The Kier molecular flexibility index (Phi) is 12.8. The molecule has 0 bridgehead atoms. The third kappa shape index (κ3) is 7.91. The fourth-order valence-corrected chi connectivity index (χ4v) is 8.86. The maximum absolute atomic E-state index is 13.6. The summed E-state index contributed by atoms with van der Waals surface area (Å²) in [7, 11) is 1.83. The quantitative estimate of drug-likeness (QED) is 0.0293. The Bertz CT molecular complexity index is 3150. The minimum Gasteiger partial charge on any atom is -0.507 e. The van der Waals surface area contributed by atoms with E-state index in [9.17, 15) is 40.2 Å². The van der Waals surface area contributed by atoms with Crippen LogP contribution in [0.1, 0.15) is 112 Å². The van der Waals surface area contributed by atoms with Gasteiger partial charge in [-0.1, -0.05) is 39.8 Å². The van der Waals surface area contributed by atoms with Gasteiger partial charge in [-0.15, -0.1) is 10.2 Å². The van der Waals surface area contributed by atoms with Crippen LogP contribution in [-0.4, -0.2) is 95.8 Å². The summed E-state index contributed by atoms with van der Waals surface area (Å²) in [5, 5.41) is 89.2. The fourth-order valence-electron chi connectivity index (χ4n) is 8.86. The topological polar surface area (TPSA) is 237 Å². The Morgan fingerprint density at radius 3 is 1.70 bits per heavy atom. The van der Waals surface area contributed by atoms with Crippen LogP contribution in [0.25, 0.3) is 32.7 Å². The maximum Gasteiger partial charge on any atom is 0.280 e. The number of rotatable bonds is 12. The molecule has 0 saturated carbocycles. The third-order valence-corrected chi connectivity index (χ3v) is 12.2. The van der Waals surface area contributed by atoms with E-state index in [4.69, 9.17) is 0 Å². The summed E-state index contributed by atoms with van der Waals surface area (Å²) in [6, 6.07) is 9.98. The van der Waals surface area contributed by atoms with Crippen LogP contribution in [0.4, 0.5) is 11.6 Å². The van der Waals surface area contributed by atoms with E-state index in [0.29, 0.717) is 62.1 Å². The number of pyridine rings is 2. The molecule has 1 aliphatic heterocycles. The number of benzene rings is 4. The highest BCUT2D eigenvalue weighted by Crippen LogP contribution is 2.54. The van der Waals surface area contributed by atoms with Crippen LogP contribution in [0, 0.1) is 13.8 Å². The van der Waals surface area contributed by atoms with Crippen LogP contribution in [0.15, 0.2) is 69.2 Å². The van der Waals surface area contributed by atoms with E-state index >= 15 is 0 Å². The SMILES string of the molecule is Cc1cc2c(C(C)C)c(O)c(O)c(/C=N/N=C(\C=O)c3cccnc3N(C)C(C)C)c2c(O)c1-c1c(C)cc2c(C(C)C)c(O)c(O)c(/C=N/N=C3/C(=O)N(C(C)C)c4ncccc43)c2c1O. The van der Waals surface area contributed by atoms with Crippen LogP contribution in [0.5, 0.6) is 34.5 Å². The first-order valence-corrected chi connectivity index (χ1v) is 21.9. The fraction of sp³-hybridized carbons (Fsp3) is 0.294. The molecule has 0 aliphatic carbocycles. The number of aromatic hydroxyl groups is 6. The zero-order chi connectivity index (χ0) is 48.9. The van der Waals surface area contributed by atoms with Crippen LogP contribution in [0.3, 0.4) is 0 Å². The van der Waals surface area contributed by atoms with Gasteiger partial charge in [0.25, 0.3) is 5.91 Å². The van der Waals surface area contributed by atoms with Gasteiger partial charge in [0.2, 0.25) is 0 Å². The van der Waals surface area contributed by atoms with Gasteiger partial charge in [0.1, 0.15) is 28.8 Å². The molecule has 3 heterocycles. The lowest BCUT2D eigenvalue weighted by Crippen LogP contribution is -2.36. The Labute approximate surface area is 387 Å². The molecule has 1 amide bonds. The number of hydrogen-bond acceptors (Lipinski definition) is 15. The van der Waals surface area contributed by atoms with Crippen molar-refractivity contribution in [2.45, 2.75) is 93.2 Å². The Morgan fingerprint density at radius 2 is 1.21 bits per heavy atom. The molecule has 1 aliphatic rings. The van der Waals surface area contributed by atoms with Crippen molar-refractivity contribution in [2.75, 3.05) is 16.8 Å². The van der Waals surface area contributed by atoms with Gasteiger partial charge in [0.15, 0.2) is 35.0 Å². The Hall–Kier alpha value is -7.88. The first-order chi connectivity index (χ1) is 31.7. The van der Waals surface area contributed by atoms with Crippen molar-refractivity contribution in [1.82, 2.24) is 9.97 Å². The van der Waals surface area contributed by atoms with Crippen molar-refractivity contribution in [3.63, 3.8) is 0 Å². The third-order valence-electron chi connectivity index (χ3n) is 12.2. The van der Waals surface area contributed by atoms with Crippen LogP contribution in [-0.2, 0) is 9.59 Å². The monoisotopic (exact) mass is 906 g/mol. The van der Waals surface area contributed by atoms with Crippen LogP contribution < -0.4 is 9.80 Å². The molecular formula is C51H54N8O8. The number of amides is 1. The van der Waals surface area contributed by atoms with Crippen molar-refractivity contribution < 1.29 is 40.2 Å². The van der Waals surface area contributed by atoms with Crippen LogP contribution >= 0.6 is 0 Å². The standard InChI is InChI=1S/C51H54N8O8/c1-23(2)36-31-18-27(9)38(45(63)40(31)33(43(61)47(36)65)20-54-56-35(22-60)29-14-12-16-52-49(29)58(11)25(5)6)39-28(10)19-32-37(24(3)4)48(66)44(62)34(41(32)46(39)64)21-55-57-42-30-15-13-17-53-50(30)59(26(7)8)51(42)67/h12-26,61-66H,1-11H3/b54-20+,55-21+,56-35+,57-42+. The molecule has 0 spiro atoms. The number of hydrogen-bond donors (Lipinski definition) is 6. The van der Waals surface area contributed by atoms with E-state index in [-0.39, 0.29) is 68.4 Å². The molecule has 0 atom stereocenters. The lowest BCUT2D eigenvalue weighted by atomic mass is 9.83. The highest BCUT2D eigenvalue weighted by Gasteiger charge is 2.37. The Balaban J connectivity index is 1.48. The van der Waals surface area contributed by atoms with E-state index in [0.717, 1.165) is 12.4 Å². The highest BCUT2D eigenvalue weighted by molar-refractivity contribution is 6.54. The molecule has 0 saturated heterocycles. The van der Waals surface area contributed by atoms with E-state index in [2.05, 4.69) is 30.4 Å². The van der Waals surface area contributed by atoms with Gasteiger partial charge in [0.05, 0.1) is 29.1 Å². The van der Waals surface area contributed by atoms with Crippen molar-refractivity contribution in [3.8, 4) is 45.6 Å². The van der Waals surface area contributed by atoms with E-state index in [1.54, 1.807) is 62.6 Å². The summed E-state index contributed by atoms with van der Waals surface area (Å²) in [6.07, 6.45) is 5.99. The van der Waals surface area contributed by atoms with E-state index < -0.39 is 40.4 Å². The normalized spacial score (nSPS) is 14.0. The lowest BCUT2D eigenvalue weighted by Gasteiger charge is -2.24. The zero-order valence-electron chi connectivity index (χ0n) is 39.2. The molecule has 6 N–H and O–H groups in total. The Morgan fingerprint density at radius 1 is 0.701 bits per heavy atom. The van der Waals surface area contributed by atoms with Gasteiger partial charge in [-0.3, -0.25) is 14.5 Å². The number of aldehydes is 1.